The minimum Gasteiger partial charge on any atom is -0.497 e. The highest BCUT2D eigenvalue weighted by Gasteiger charge is 2.23. The third-order valence-corrected chi connectivity index (χ3v) is 5.92. The molecule has 3 aromatic heterocycles. The van der Waals surface area contributed by atoms with Crippen LogP contribution >= 0.6 is 0 Å². The smallest absolute Gasteiger partial charge is 0.346 e. The maximum atomic E-state index is 13.3. The molecule has 3 aromatic carbocycles. The van der Waals surface area contributed by atoms with Crippen LogP contribution in [-0.4, -0.2) is 21.9 Å². The lowest BCUT2D eigenvalue weighted by atomic mass is 9.97. The van der Waals surface area contributed by atoms with E-state index in [0.29, 0.717) is 22.1 Å². The number of nitrogens with zero attached hydrogens (tertiary/aromatic N) is 3. The van der Waals surface area contributed by atoms with Gasteiger partial charge in [0.25, 0.3) is 0 Å². The number of fused-ring (bicyclic) bond motifs is 4. The zero-order valence-electron chi connectivity index (χ0n) is 18.1. The highest BCUT2D eigenvalue weighted by molar-refractivity contribution is 6.15. The van der Waals surface area contributed by atoms with Crippen molar-refractivity contribution >= 4 is 32.9 Å². The minimum absolute atomic E-state index is 0.421. The monoisotopic (exact) mass is 433 g/mol. The summed E-state index contributed by atoms with van der Waals surface area (Å²) in [5.74, 6) is 0.738. The third-order valence-electron chi connectivity index (χ3n) is 5.92. The largest absolute Gasteiger partial charge is 0.497 e. The molecular formula is C27H19N3O3. The molecule has 3 heterocycles. The molecule has 0 aliphatic carbocycles. The lowest BCUT2D eigenvalue weighted by molar-refractivity contribution is 0.415. The van der Waals surface area contributed by atoms with Crippen LogP contribution in [-0.2, 0) is 0 Å². The zero-order valence-corrected chi connectivity index (χ0v) is 18.1. The summed E-state index contributed by atoms with van der Waals surface area (Å²) in [6, 6.07) is 25.0. The van der Waals surface area contributed by atoms with Gasteiger partial charge in [-0.2, -0.15) is 5.10 Å². The van der Waals surface area contributed by atoms with E-state index in [1.165, 1.54) is 0 Å². The Kier molecular flexibility index (Phi) is 4.26. The highest BCUT2D eigenvalue weighted by Crippen LogP contribution is 2.38. The molecule has 0 aliphatic rings. The van der Waals surface area contributed by atoms with Crippen LogP contribution in [0.4, 0.5) is 0 Å². The molecule has 0 unspecified atom stereocenters. The van der Waals surface area contributed by atoms with Gasteiger partial charge in [0.15, 0.2) is 5.65 Å². The van der Waals surface area contributed by atoms with E-state index in [-0.39, 0.29) is 0 Å². The molecule has 0 aliphatic heterocycles. The molecule has 0 amide bonds. The van der Waals surface area contributed by atoms with Gasteiger partial charge in [0.1, 0.15) is 11.3 Å². The molecule has 0 bridgehead atoms. The molecule has 6 rings (SSSR count). The topological polar surface area (TPSA) is 70.2 Å². The van der Waals surface area contributed by atoms with E-state index in [1.54, 1.807) is 13.2 Å². The molecule has 0 atom stereocenters. The second-order valence-electron chi connectivity index (χ2n) is 7.86. The number of benzene rings is 3. The van der Waals surface area contributed by atoms with Gasteiger partial charge in [-0.25, -0.2) is 14.5 Å². The van der Waals surface area contributed by atoms with Crippen LogP contribution < -0.4 is 10.4 Å². The van der Waals surface area contributed by atoms with Crippen molar-refractivity contribution in [2.24, 2.45) is 0 Å². The van der Waals surface area contributed by atoms with Gasteiger partial charge in [0.2, 0.25) is 0 Å². The maximum Gasteiger partial charge on any atom is 0.346 e. The second kappa shape index (κ2) is 7.31. The van der Waals surface area contributed by atoms with E-state index in [9.17, 15) is 4.79 Å². The summed E-state index contributed by atoms with van der Waals surface area (Å²) in [4.78, 5) is 18.3. The number of hydrogen-bond acceptors (Lipinski definition) is 5. The number of aryl methyl sites for hydroxylation is 1. The van der Waals surface area contributed by atoms with Crippen LogP contribution in [0.15, 0.2) is 88.1 Å². The molecule has 0 spiro atoms. The Morgan fingerprint density at radius 1 is 0.879 bits per heavy atom. The van der Waals surface area contributed by atoms with Gasteiger partial charge in [-0.05, 0) is 48.9 Å². The maximum absolute atomic E-state index is 13.3. The fourth-order valence-electron chi connectivity index (χ4n) is 4.41. The Labute approximate surface area is 188 Å². The average molecular weight is 433 g/mol. The van der Waals surface area contributed by atoms with Gasteiger partial charge in [0.05, 0.1) is 34.8 Å². The predicted octanol–water partition coefficient (Wildman–Crippen LogP) is 5.66. The van der Waals surface area contributed by atoms with Crippen LogP contribution in [0.3, 0.4) is 0 Å². The molecular weight excluding hydrogens is 414 g/mol. The number of methoxy groups -OCH3 is 1. The summed E-state index contributed by atoms with van der Waals surface area (Å²) in [6.07, 6.45) is 0. The van der Waals surface area contributed by atoms with Crippen LogP contribution in [0.5, 0.6) is 5.75 Å². The molecule has 6 aromatic rings. The van der Waals surface area contributed by atoms with Crippen molar-refractivity contribution in [1.82, 2.24) is 14.8 Å². The summed E-state index contributed by atoms with van der Waals surface area (Å²) in [7, 11) is 1.63. The highest BCUT2D eigenvalue weighted by atomic mass is 16.5. The second-order valence-corrected chi connectivity index (χ2v) is 7.86. The third kappa shape index (κ3) is 2.91. The molecule has 160 valence electrons. The predicted molar refractivity (Wildman–Crippen MR) is 129 cm³/mol. The SMILES string of the molecule is COc1ccc(-c2c3c(C)nn(-c4ccccc4)c3nc3c2c(=O)oc2ccccc23)cc1. The van der Waals surface area contributed by atoms with E-state index in [4.69, 9.17) is 19.2 Å². The molecule has 0 fully saturated rings. The van der Waals surface area contributed by atoms with E-state index in [0.717, 1.165) is 39.0 Å². The minimum atomic E-state index is -0.421. The van der Waals surface area contributed by atoms with E-state index >= 15 is 0 Å². The van der Waals surface area contributed by atoms with Crippen molar-refractivity contribution in [3.63, 3.8) is 0 Å². The quantitative estimate of drug-likeness (QED) is 0.266. The summed E-state index contributed by atoms with van der Waals surface area (Å²) < 4.78 is 12.9. The number of rotatable bonds is 3. The van der Waals surface area contributed by atoms with Crippen LogP contribution in [0.1, 0.15) is 5.69 Å². The van der Waals surface area contributed by atoms with Gasteiger partial charge >= 0.3 is 5.63 Å². The lowest BCUT2D eigenvalue weighted by Crippen LogP contribution is -2.05. The van der Waals surface area contributed by atoms with Crippen LogP contribution in [0.2, 0.25) is 0 Å². The fraction of sp³-hybridized carbons (Fsp3) is 0.0741. The van der Waals surface area contributed by atoms with Crippen molar-refractivity contribution in [3.8, 4) is 22.6 Å². The van der Waals surface area contributed by atoms with E-state index in [2.05, 4.69) is 0 Å². The molecule has 6 nitrogen and oxygen atoms in total. The van der Waals surface area contributed by atoms with E-state index < -0.39 is 5.63 Å². The zero-order chi connectivity index (χ0) is 22.5. The Balaban J connectivity index is 1.85. The van der Waals surface area contributed by atoms with Gasteiger partial charge < -0.3 is 9.15 Å². The molecule has 0 radical (unpaired) electrons. The number of hydrogen-bond donors (Lipinski definition) is 0. The molecule has 0 saturated heterocycles. The van der Waals surface area contributed by atoms with Crippen molar-refractivity contribution in [3.05, 3.63) is 95.0 Å². The van der Waals surface area contributed by atoms with Crippen molar-refractivity contribution in [2.75, 3.05) is 7.11 Å². The van der Waals surface area contributed by atoms with Gasteiger partial charge in [-0.15, -0.1) is 0 Å². The van der Waals surface area contributed by atoms with E-state index in [1.807, 2.05) is 84.4 Å². The number of aromatic nitrogens is 3. The molecule has 33 heavy (non-hydrogen) atoms. The van der Waals surface area contributed by atoms with Gasteiger partial charge in [-0.3, -0.25) is 0 Å². The first-order chi connectivity index (χ1) is 16.2. The van der Waals surface area contributed by atoms with Crippen LogP contribution in [0.25, 0.3) is 49.7 Å². The molecule has 0 saturated carbocycles. The van der Waals surface area contributed by atoms with Crippen molar-refractivity contribution in [2.45, 2.75) is 6.92 Å². The summed E-state index contributed by atoms with van der Waals surface area (Å²) in [5.41, 5.74) is 4.67. The fourth-order valence-corrected chi connectivity index (χ4v) is 4.41. The summed E-state index contributed by atoms with van der Waals surface area (Å²) in [6.45, 7) is 1.94. The number of para-hydroxylation sites is 2. The Hall–Kier alpha value is -4.45. The average Bonchev–Trinajstić information content (AvgIpc) is 3.19. The summed E-state index contributed by atoms with van der Waals surface area (Å²) >= 11 is 0. The number of pyridine rings is 1. The Morgan fingerprint density at radius 2 is 1.61 bits per heavy atom. The summed E-state index contributed by atoms with van der Waals surface area (Å²) in [5, 5.41) is 6.85. The molecule has 0 N–H and O–H groups in total. The van der Waals surface area contributed by atoms with Crippen LogP contribution in [0, 0.1) is 6.92 Å². The molecule has 6 heteroatoms. The first-order valence-electron chi connectivity index (χ1n) is 10.6. The van der Waals surface area contributed by atoms with Crippen molar-refractivity contribution in [1.29, 1.82) is 0 Å². The Morgan fingerprint density at radius 3 is 2.36 bits per heavy atom. The first-order valence-corrected chi connectivity index (χ1v) is 10.6. The van der Waals surface area contributed by atoms with Gasteiger partial charge in [-0.1, -0.05) is 42.5 Å². The normalized spacial score (nSPS) is 11.5. The number of ether oxygens (including phenoxy) is 1. The Bertz CT molecular complexity index is 1720. The van der Waals surface area contributed by atoms with Gasteiger partial charge in [0, 0.05) is 10.9 Å². The first kappa shape index (κ1) is 19.3. The lowest BCUT2D eigenvalue weighted by Gasteiger charge is -2.11. The van der Waals surface area contributed by atoms with Crippen molar-refractivity contribution < 1.29 is 9.15 Å². The standard InChI is InChI=1S/C27H19N3O3/c1-16-22-23(17-12-14-19(32-2)15-13-17)24-25(20-10-6-7-11-21(20)33-27(24)31)28-26(22)30(29-16)18-8-4-3-5-9-18/h3-15H,1-2H3.